The van der Waals surface area contributed by atoms with E-state index in [1.165, 1.54) is 18.3 Å². The van der Waals surface area contributed by atoms with Crippen molar-refractivity contribution in [3.05, 3.63) is 69.6 Å². The number of rotatable bonds is 6. The maximum atomic E-state index is 12.0. The number of aromatic amines is 1. The summed E-state index contributed by atoms with van der Waals surface area (Å²) in [6.07, 6.45) is 1.41. The Bertz CT molecular complexity index is 644. The summed E-state index contributed by atoms with van der Waals surface area (Å²) in [6, 6.07) is 10.6. The maximum Gasteiger partial charge on any atom is 0.253 e. The van der Waals surface area contributed by atoms with Crippen LogP contribution in [0.5, 0.6) is 0 Å². The number of aromatic nitrogens is 1. The molecule has 0 radical (unpaired) electrons. The molecule has 0 fully saturated rings. The summed E-state index contributed by atoms with van der Waals surface area (Å²) in [6.45, 7) is 3.54. The molecule has 110 valence electrons. The van der Waals surface area contributed by atoms with Crippen LogP contribution in [0.3, 0.4) is 0 Å². The average Bonchev–Trinajstić information content (AvgIpc) is 2.52. The van der Waals surface area contributed by atoms with E-state index in [-0.39, 0.29) is 11.5 Å². The molecule has 0 saturated heterocycles. The first-order valence-corrected chi connectivity index (χ1v) is 6.82. The summed E-state index contributed by atoms with van der Waals surface area (Å²) in [5.41, 5.74) is 2.27. The predicted molar refractivity (Wildman–Crippen MR) is 80.0 cm³/mol. The van der Waals surface area contributed by atoms with Crippen LogP contribution in [0.25, 0.3) is 0 Å². The lowest BCUT2D eigenvalue weighted by Crippen LogP contribution is -2.24. The molecule has 0 aliphatic carbocycles. The molecule has 0 saturated carbocycles. The van der Waals surface area contributed by atoms with Gasteiger partial charge in [0.05, 0.1) is 12.2 Å². The zero-order valence-electron chi connectivity index (χ0n) is 11.9. The molecule has 1 aromatic heterocycles. The van der Waals surface area contributed by atoms with Gasteiger partial charge < -0.3 is 15.0 Å². The molecule has 5 nitrogen and oxygen atoms in total. The van der Waals surface area contributed by atoms with Gasteiger partial charge in [0.1, 0.15) is 0 Å². The van der Waals surface area contributed by atoms with Crippen molar-refractivity contribution in [2.45, 2.75) is 20.1 Å². The molecule has 1 heterocycles. The summed E-state index contributed by atoms with van der Waals surface area (Å²) in [5.74, 6) is -0.225. The Balaban J connectivity index is 2.01. The van der Waals surface area contributed by atoms with Crippen molar-refractivity contribution in [2.75, 3.05) is 6.61 Å². The van der Waals surface area contributed by atoms with Gasteiger partial charge in [-0.25, -0.2) is 0 Å². The molecule has 0 aliphatic heterocycles. The summed E-state index contributed by atoms with van der Waals surface area (Å²) >= 11 is 0. The number of amides is 1. The Kier molecular flexibility index (Phi) is 5.29. The summed E-state index contributed by atoms with van der Waals surface area (Å²) in [7, 11) is 0. The molecular weight excluding hydrogens is 268 g/mol. The van der Waals surface area contributed by atoms with Gasteiger partial charge in [-0.05, 0) is 24.1 Å². The second-order valence-electron chi connectivity index (χ2n) is 4.53. The van der Waals surface area contributed by atoms with Crippen molar-refractivity contribution in [2.24, 2.45) is 0 Å². The number of ether oxygens (including phenoxy) is 1. The van der Waals surface area contributed by atoms with E-state index in [4.69, 9.17) is 4.74 Å². The standard InChI is InChI=1S/C16H18N2O3/c1-2-21-11-14-6-4-3-5-12(14)9-18-16(20)13-7-8-15(19)17-10-13/h3-8,10H,2,9,11H2,1H3,(H,17,19)(H,18,20). The van der Waals surface area contributed by atoms with Crippen molar-refractivity contribution in [3.8, 4) is 0 Å². The molecular formula is C16H18N2O3. The predicted octanol–water partition coefficient (Wildman–Crippen LogP) is 1.84. The third-order valence-electron chi connectivity index (χ3n) is 3.07. The first kappa shape index (κ1) is 15.0. The van der Waals surface area contributed by atoms with Gasteiger partial charge >= 0.3 is 0 Å². The van der Waals surface area contributed by atoms with Gasteiger partial charge in [-0.1, -0.05) is 24.3 Å². The Morgan fingerprint density at radius 3 is 2.62 bits per heavy atom. The lowest BCUT2D eigenvalue weighted by Gasteiger charge is -2.10. The van der Waals surface area contributed by atoms with Crippen LogP contribution in [0.4, 0.5) is 0 Å². The number of H-pyrrole nitrogens is 1. The van der Waals surface area contributed by atoms with Crippen LogP contribution < -0.4 is 10.9 Å². The van der Waals surface area contributed by atoms with Gasteiger partial charge in [-0.15, -0.1) is 0 Å². The van der Waals surface area contributed by atoms with Gasteiger partial charge in [-0.3, -0.25) is 9.59 Å². The third kappa shape index (κ3) is 4.29. The average molecular weight is 286 g/mol. The zero-order valence-corrected chi connectivity index (χ0v) is 11.9. The number of hydrogen-bond donors (Lipinski definition) is 2. The van der Waals surface area contributed by atoms with Crippen molar-refractivity contribution in [1.29, 1.82) is 0 Å². The number of pyridine rings is 1. The summed E-state index contributed by atoms with van der Waals surface area (Å²) in [5, 5.41) is 2.83. The van der Waals surface area contributed by atoms with Crippen LogP contribution in [0.2, 0.25) is 0 Å². The normalized spacial score (nSPS) is 10.3. The largest absolute Gasteiger partial charge is 0.377 e. The van der Waals surface area contributed by atoms with E-state index in [2.05, 4.69) is 10.3 Å². The van der Waals surface area contributed by atoms with E-state index < -0.39 is 0 Å². The molecule has 1 amide bonds. The molecule has 21 heavy (non-hydrogen) atoms. The fraction of sp³-hybridized carbons (Fsp3) is 0.250. The van der Waals surface area contributed by atoms with E-state index in [0.717, 1.165) is 11.1 Å². The highest BCUT2D eigenvalue weighted by atomic mass is 16.5. The fourth-order valence-electron chi connectivity index (χ4n) is 1.91. The highest BCUT2D eigenvalue weighted by molar-refractivity contribution is 5.93. The SMILES string of the molecule is CCOCc1ccccc1CNC(=O)c1ccc(=O)[nH]c1. The van der Waals surface area contributed by atoms with Gasteiger partial charge in [0.25, 0.3) is 5.91 Å². The quantitative estimate of drug-likeness (QED) is 0.851. The molecule has 1 aromatic carbocycles. The number of hydrogen-bond acceptors (Lipinski definition) is 3. The Morgan fingerprint density at radius 2 is 1.95 bits per heavy atom. The number of carbonyl (C=O) groups excluding carboxylic acids is 1. The molecule has 2 N–H and O–H groups in total. The van der Waals surface area contributed by atoms with Crippen molar-refractivity contribution >= 4 is 5.91 Å². The van der Waals surface area contributed by atoms with Crippen LogP contribution in [0.1, 0.15) is 28.4 Å². The van der Waals surface area contributed by atoms with E-state index in [1.807, 2.05) is 31.2 Å². The van der Waals surface area contributed by atoms with Gasteiger partial charge in [0.2, 0.25) is 5.56 Å². The maximum absolute atomic E-state index is 12.0. The summed E-state index contributed by atoms with van der Waals surface area (Å²) < 4.78 is 5.41. The van der Waals surface area contributed by atoms with Gasteiger partial charge in [0, 0.05) is 25.4 Å². The van der Waals surface area contributed by atoms with Gasteiger partial charge in [0.15, 0.2) is 0 Å². The summed E-state index contributed by atoms with van der Waals surface area (Å²) in [4.78, 5) is 25.4. The minimum Gasteiger partial charge on any atom is -0.377 e. The number of carbonyl (C=O) groups is 1. The molecule has 0 bridgehead atoms. The Morgan fingerprint density at radius 1 is 1.19 bits per heavy atom. The van der Waals surface area contributed by atoms with Crippen LogP contribution in [0.15, 0.2) is 47.4 Å². The van der Waals surface area contributed by atoms with Crippen molar-refractivity contribution in [3.63, 3.8) is 0 Å². The van der Waals surface area contributed by atoms with Crippen LogP contribution in [-0.2, 0) is 17.9 Å². The van der Waals surface area contributed by atoms with Crippen LogP contribution in [-0.4, -0.2) is 17.5 Å². The lowest BCUT2D eigenvalue weighted by molar-refractivity contribution is 0.0949. The number of nitrogens with one attached hydrogen (secondary N) is 2. The first-order valence-electron chi connectivity index (χ1n) is 6.82. The van der Waals surface area contributed by atoms with E-state index in [1.54, 1.807) is 0 Å². The third-order valence-corrected chi connectivity index (χ3v) is 3.07. The van der Waals surface area contributed by atoms with E-state index >= 15 is 0 Å². The van der Waals surface area contributed by atoms with E-state index in [0.29, 0.717) is 25.3 Å². The molecule has 2 aromatic rings. The molecule has 0 aliphatic rings. The van der Waals surface area contributed by atoms with Crippen molar-refractivity contribution in [1.82, 2.24) is 10.3 Å². The monoisotopic (exact) mass is 286 g/mol. The Hall–Kier alpha value is -2.40. The molecule has 0 atom stereocenters. The van der Waals surface area contributed by atoms with Crippen LogP contribution in [0, 0.1) is 0 Å². The minimum atomic E-state index is -0.228. The van der Waals surface area contributed by atoms with Crippen molar-refractivity contribution < 1.29 is 9.53 Å². The highest BCUT2D eigenvalue weighted by Crippen LogP contribution is 2.10. The molecule has 2 rings (SSSR count). The smallest absolute Gasteiger partial charge is 0.253 e. The lowest BCUT2D eigenvalue weighted by atomic mass is 10.1. The molecule has 5 heteroatoms. The second kappa shape index (κ2) is 7.40. The zero-order chi connectivity index (χ0) is 15.1. The van der Waals surface area contributed by atoms with Gasteiger partial charge in [-0.2, -0.15) is 0 Å². The Labute approximate surface area is 123 Å². The first-order chi connectivity index (χ1) is 10.2. The molecule has 0 spiro atoms. The number of benzene rings is 1. The minimum absolute atomic E-state index is 0.225. The second-order valence-corrected chi connectivity index (χ2v) is 4.53. The van der Waals surface area contributed by atoms with E-state index in [9.17, 15) is 9.59 Å². The topological polar surface area (TPSA) is 71.2 Å². The van der Waals surface area contributed by atoms with Crippen LogP contribution >= 0.6 is 0 Å². The molecule has 0 unspecified atom stereocenters. The highest BCUT2D eigenvalue weighted by Gasteiger charge is 2.07. The fourth-order valence-corrected chi connectivity index (χ4v) is 1.91.